The van der Waals surface area contributed by atoms with Gasteiger partial charge >= 0.3 is 5.97 Å². The van der Waals surface area contributed by atoms with Crippen LogP contribution in [0.1, 0.15) is 56.9 Å². The van der Waals surface area contributed by atoms with Crippen LogP contribution >= 0.6 is 24.8 Å². The Hall–Kier alpha value is -1.96. The summed E-state index contributed by atoms with van der Waals surface area (Å²) in [4.78, 5) is 37.2. The third-order valence-corrected chi connectivity index (χ3v) is 9.24. The molecular weight excluding hydrogens is 605 g/mol. The molecule has 1 aromatic rings. The number of piperidine rings is 2. The minimum atomic E-state index is -3.96. The highest BCUT2D eigenvalue weighted by atomic mass is 35.5. The number of halogens is 2. The molecule has 1 aromatic carbocycles. The first-order valence-corrected chi connectivity index (χ1v) is 16.1. The number of nitrogens with one attached hydrogen (secondary N) is 5. The van der Waals surface area contributed by atoms with Gasteiger partial charge < -0.3 is 26.4 Å². The quantitative estimate of drug-likeness (QED) is 0.157. The highest BCUT2D eigenvalue weighted by Gasteiger charge is 2.26. The average molecular weight is 653 g/mol. The molecule has 3 rings (SSSR count). The van der Waals surface area contributed by atoms with Crippen LogP contribution in [0.15, 0.2) is 30.3 Å². The van der Waals surface area contributed by atoms with Gasteiger partial charge in [-0.2, -0.15) is 4.72 Å². The highest BCUT2D eigenvalue weighted by molar-refractivity contribution is 7.88. The maximum Gasteiger partial charge on any atom is 0.323 e. The number of carbonyl (C=O) groups is 3. The summed E-state index contributed by atoms with van der Waals surface area (Å²) in [6, 6.07) is 6.87. The molecule has 2 aliphatic rings. The van der Waals surface area contributed by atoms with Gasteiger partial charge in [0.1, 0.15) is 6.04 Å². The molecule has 0 bridgehead atoms. The van der Waals surface area contributed by atoms with Gasteiger partial charge in [0.05, 0.1) is 12.3 Å². The molecule has 0 radical (unpaired) electrons. The maximum atomic E-state index is 13.1. The fourth-order valence-electron chi connectivity index (χ4n) is 5.44. The predicted octanol–water partition coefficient (Wildman–Crippen LogP) is 1.81. The number of hydrogen-bond acceptors (Lipinski definition) is 7. The van der Waals surface area contributed by atoms with Crippen molar-refractivity contribution in [2.75, 3.05) is 39.3 Å². The molecule has 14 heteroatoms. The van der Waals surface area contributed by atoms with Crippen LogP contribution in [0.4, 0.5) is 0 Å². The summed E-state index contributed by atoms with van der Waals surface area (Å²) in [6.45, 7) is 3.31. The zero-order valence-corrected chi connectivity index (χ0v) is 26.5. The van der Waals surface area contributed by atoms with Crippen LogP contribution in [0.25, 0.3) is 0 Å². The van der Waals surface area contributed by atoms with Gasteiger partial charge in [-0.25, -0.2) is 8.42 Å². The standard InChI is InChI=1S/C28H45N5O6S.2ClH/c34-26(31-18-25(28(36)37)33-40(38,39)20-23-4-2-1-3-5-23)19-32-27(35)24(8-6-21-10-14-29-15-11-21)9-7-22-12-16-30-17-13-22;;/h1-5,21-22,24-25,29-30,33H,6-20H2,(H,31,34)(H,32,35)(H,36,37);2*1H. The van der Waals surface area contributed by atoms with Crippen molar-refractivity contribution in [1.82, 2.24) is 26.0 Å². The molecule has 2 saturated heterocycles. The minimum Gasteiger partial charge on any atom is -0.480 e. The lowest BCUT2D eigenvalue weighted by Crippen LogP contribution is -2.50. The molecule has 0 spiro atoms. The third-order valence-electron chi connectivity index (χ3n) is 7.88. The normalized spacial score (nSPS) is 17.0. The van der Waals surface area contributed by atoms with E-state index >= 15 is 0 Å². The summed E-state index contributed by atoms with van der Waals surface area (Å²) in [7, 11) is -3.96. The molecule has 2 fully saturated rings. The summed E-state index contributed by atoms with van der Waals surface area (Å²) in [6.07, 6.45) is 8.01. The largest absolute Gasteiger partial charge is 0.480 e. The summed E-state index contributed by atoms with van der Waals surface area (Å²) in [5.74, 6) is -1.47. The molecule has 2 amide bonds. The number of hydrogen-bond donors (Lipinski definition) is 6. The Balaban J connectivity index is 0.00000441. The molecule has 42 heavy (non-hydrogen) atoms. The van der Waals surface area contributed by atoms with Crippen LogP contribution in [-0.2, 0) is 30.2 Å². The highest BCUT2D eigenvalue weighted by Crippen LogP contribution is 2.26. The molecule has 1 atom stereocenters. The fraction of sp³-hybridized carbons (Fsp3) is 0.679. The van der Waals surface area contributed by atoms with Gasteiger partial charge in [0.25, 0.3) is 0 Å². The second-order valence-electron chi connectivity index (χ2n) is 11.0. The van der Waals surface area contributed by atoms with Crippen molar-refractivity contribution in [3.63, 3.8) is 0 Å². The van der Waals surface area contributed by atoms with Gasteiger partial charge in [-0.1, -0.05) is 30.3 Å². The molecule has 6 N–H and O–H groups in total. The Labute approximate surface area is 262 Å². The molecule has 1 unspecified atom stereocenters. The van der Waals surface area contributed by atoms with Gasteiger partial charge in [-0.3, -0.25) is 14.4 Å². The molecule has 0 aliphatic carbocycles. The Morgan fingerprint density at radius 3 is 1.88 bits per heavy atom. The molecule has 11 nitrogen and oxygen atoms in total. The van der Waals surface area contributed by atoms with E-state index < -0.39 is 34.5 Å². The summed E-state index contributed by atoms with van der Waals surface area (Å²) >= 11 is 0. The molecule has 2 aliphatic heterocycles. The Morgan fingerprint density at radius 2 is 1.38 bits per heavy atom. The van der Waals surface area contributed by atoms with E-state index in [1.165, 1.54) is 0 Å². The minimum absolute atomic E-state index is 0. The van der Waals surface area contributed by atoms with E-state index in [2.05, 4.69) is 26.0 Å². The lowest BCUT2D eigenvalue weighted by Gasteiger charge is -2.27. The lowest BCUT2D eigenvalue weighted by atomic mass is 9.84. The predicted molar refractivity (Wildman–Crippen MR) is 167 cm³/mol. The van der Waals surface area contributed by atoms with Gasteiger partial charge in [0.2, 0.25) is 21.8 Å². The summed E-state index contributed by atoms with van der Waals surface area (Å²) in [5.41, 5.74) is 0.515. The van der Waals surface area contributed by atoms with Crippen molar-refractivity contribution in [1.29, 1.82) is 0 Å². The van der Waals surface area contributed by atoms with Crippen molar-refractivity contribution in [2.24, 2.45) is 17.8 Å². The van der Waals surface area contributed by atoms with Crippen LogP contribution in [0.5, 0.6) is 0 Å². The van der Waals surface area contributed by atoms with Crippen molar-refractivity contribution < 1.29 is 27.9 Å². The van der Waals surface area contributed by atoms with E-state index in [0.717, 1.165) is 77.5 Å². The number of aliphatic carboxylic acids is 1. The van der Waals surface area contributed by atoms with E-state index in [0.29, 0.717) is 17.4 Å². The van der Waals surface area contributed by atoms with Crippen LogP contribution in [-0.4, -0.2) is 76.6 Å². The number of benzene rings is 1. The summed E-state index contributed by atoms with van der Waals surface area (Å²) in [5, 5.41) is 21.4. The smallest absolute Gasteiger partial charge is 0.323 e. The van der Waals surface area contributed by atoms with Gasteiger partial charge in [-0.05, 0) is 94.9 Å². The Bertz CT molecular complexity index is 1030. The first kappa shape index (κ1) is 38.1. The van der Waals surface area contributed by atoms with E-state index in [9.17, 15) is 27.9 Å². The Morgan fingerprint density at radius 1 is 0.857 bits per heavy atom. The van der Waals surface area contributed by atoms with Crippen molar-refractivity contribution in [3.8, 4) is 0 Å². The van der Waals surface area contributed by atoms with Crippen LogP contribution in [0.2, 0.25) is 0 Å². The lowest BCUT2D eigenvalue weighted by molar-refractivity contribution is -0.139. The number of rotatable bonds is 16. The zero-order chi connectivity index (χ0) is 28.8. The molecule has 240 valence electrons. The second kappa shape index (κ2) is 20.1. The first-order valence-electron chi connectivity index (χ1n) is 14.4. The van der Waals surface area contributed by atoms with E-state index in [-0.39, 0.29) is 48.9 Å². The van der Waals surface area contributed by atoms with Crippen LogP contribution in [0.3, 0.4) is 0 Å². The SMILES string of the molecule is Cl.Cl.O=C(CNC(=O)C(CCC1CCNCC1)CCC1CCNCC1)NCC(NS(=O)(=O)Cc1ccccc1)C(=O)O. The summed E-state index contributed by atoms with van der Waals surface area (Å²) < 4.78 is 27.0. The van der Waals surface area contributed by atoms with E-state index in [4.69, 9.17) is 0 Å². The second-order valence-corrected chi connectivity index (χ2v) is 12.8. The maximum absolute atomic E-state index is 13.1. The van der Waals surface area contributed by atoms with Gasteiger partial charge in [0, 0.05) is 12.5 Å². The Kier molecular flexibility index (Phi) is 18.2. The van der Waals surface area contributed by atoms with Crippen molar-refractivity contribution in [2.45, 2.75) is 63.2 Å². The first-order chi connectivity index (χ1) is 19.2. The third kappa shape index (κ3) is 14.5. The van der Waals surface area contributed by atoms with Crippen LogP contribution in [0, 0.1) is 17.8 Å². The number of sulfonamides is 1. The number of carboxylic acids is 1. The topological polar surface area (TPSA) is 166 Å². The van der Waals surface area contributed by atoms with Crippen LogP contribution < -0.4 is 26.0 Å². The molecule has 2 heterocycles. The zero-order valence-electron chi connectivity index (χ0n) is 24.0. The number of amides is 2. The molecule has 0 aromatic heterocycles. The van der Waals surface area contributed by atoms with Gasteiger partial charge in [-0.15, -0.1) is 24.8 Å². The number of carbonyl (C=O) groups excluding carboxylic acids is 2. The van der Waals surface area contributed by atoms with Crippen molar-refractivity contribution >= 4 is 52.6 Å². The average Bonchev–Trinajstić information content (AvgIpc) is 2.95. The van der Waals surface area contributed by atoms with Gasteiger partial charge in [0.15, 0.2) is 0 Å². The van der Waals surface area contributed by atoms with E-state index in [1.54, 1.807) is 30.3 Å². The molecular formula is C28H47Cl2N5O6S. The van der Waals surface area contributed by atoms with E-state index in [1.807, 2.05) is 0 Å². The fourth-order valence-corrected chi connectivity index (χ4v) is 6.77. The number of carboxylic acid groups (broad SMARTS) is 1. The van der Waals surface area contributed by atoms with Crippen molar-refractivity contribution in [3.05, 3.63) is 35.9 Å². The monoisotopic (exact) mass is 651 g/mol. The molecule has 0 saturated carbocycles.